The monoisotopic (exact) mass is 496 g/mol. The SMILES string of the molecule is CN1CC(c2ccnn2C2CCCCO2)=C2N=C(N3CC4CCC(C3)O4)C=C(C3(O)CCOCC3)N21. The fourth-order valence-electron chi connectivity index (χ4n) is 6.55. The van der Waals surface area contributed by atoms with Crippen LogP contribution in [0.2, 0.25) is 0 Å². The van der Waals surface area contributed by atoms with Gasteiger partial charge in [0, 0.05) is 77.2 Å². The highest BCUT2D eigenvalue weighted by molar-refractivity contribution is 5.96. The molecule has 194 valence electrons. The first-order valence-electron chi connectivity index (χ1n) is 13.5. The number of ether oxygens (including phenoxy) is 3. The molecule has 4 saturated heterocycles. The van der Waals surface area contributed by atoms with Crippen LogP contribution in [0.25, 0.3) is 5.57 Å². The molecule has 0 spiro atoms. The number of aliphatic imine (C=N–C) groups is 1. The molecular formula is C26H36N6O4. The summed E-state index contributed by atoms with van der Waals surface area (Å²) in [5.41, 5.74) is 2.07. The molecule has 6 aliphatic heterocycles. The van der Waals surface area contributed by atoms with Crippen molar-refractivity contribution in [3.05, 3.63) is 35.6 Å². The molecule has 7 heterocycles. The normalized spacial score (nSPS) is 32.6. The lowest BCUT2D eigenvalue weighted by atomic mass is 9.89. The molecule has 10 nitrogen and oxygen atoms in total. The molecule has 4 fully saturated rings. The second-order valence-corrected chi connectivity index (χ2v) is 10.9. The highest BCUT2D eigenvalue weighted by Crippen LogP contribution is 2.43. The molecule has 0 amide bonds. The van der Waals surface area contributed by atoms with E-state index in [1.54, 1.807) is 0 Å². The second kappa shape index (κ2) is 8.95. The number of likely N-dealkylation sites (tertiary alicyclic amines) is 1. The lowest BCUT2D eigenvalue weighted by Gasteiger charge is -2.44. The van der Waals surface area contributed by atoms with E-state index < -0.39 is 5.60 Å². The van der Waals surface area contributed by atoms with Gasteiger partial charge >= 0.3 is 0 Å². The number of amidine groups is 1. The molecule has 3 unspecified atom stereocenters. The third kappa shape index (κ3) is 3.81. The van der Waals surface area contributed by atoms with E-state index in [1.807, 2.05) is 10.9 Å². The standard InChI is InChI=1S/C26H36N6O4/c1-29-17-20(21-7-10-27-31(21)24-4-2-3-11-35-24)25-28-23(30-15-18-5-6-19(16-30)36-18)14-22(32(25)29)26(33)8-12-34-13-9-26/h7,10,14,18-19,24,33H,2-6,8-9,11-13,15-17H2,1H3. The molecule has 7 rings (SSSR count). The smallest absolute Gasteiger partial charge is 0.156 e. The number of aliphatic hydroxyl groups is 1. The van der Waals surface area contributed by atoms with Gasteiger partial charge in [0.15, 0.2) is 12.0 Å². The number of hydrazine groups is 1. The van der Waals surface area contributed by atoms with Gasteiger partial charge in [0.2, 0.25) is 0 Å². The molecule has 36 heavy (non-hydrogen) atoms. The first-order chi connectivity index (χ1) is 17.6. The summed E-state index contributed by atoms with van der Waals surface area (Å²) in [6.45, 7) is 4.24. The van der Waals surface area contributed by atoms with E-state index in [0.717, 1.165) is 80.4 Å². The van der Waals surface area contributed by atoms with Crippen molar-refractivity contribution in [2.45, 2.75) is 69.0 Å². The Morgan fingerprint density at radius 2 is 1.86 bits per heavy atom. The summed E-state index contributed by atoms with van der Waals surface area (Å²) in [7, 11) is 2.07. The second-order valence-electron chi connectivity index (χ2n) is 10.9. The van der Waals surface area contributed by atoms with Crippen LogP contribution < -0.4 is 0 Å². The van der Waals surface area contributed by atoms with Gasteiger partial charge in [-0.05, 0) is 38.2 Å². The molecule has 10 heteroatoms. The van der Waals surface area contributed by atoms with Crippen molar-refractivity contribution in [1.29, 1.82) is 0 Å². The van der Waals surface area contributed by atoms with Gasteiger partial charge in [-0.3, -0.25) is 5.01 Å². The van der Waals surface area contributed by atoms with Gasteiger partial charge in [-0.25, -0.2) is 14.7 Å². The molecular weight excluding hydrogens is 460 g/mol. The Bertz CT molecular complexity index is 1090. The summed E-state index contributed by atoms with van der Waals surface area (Å²) in [6, 6.07) is 2.07. The van der Waals surface area contributed by atoms with Crippen LogP contribution in [0.3, 0.4) is 0 Å². The summed E-state index contributed by atoms with van der Waals surface area (Å²) in [4.78, 5) is 7.62. The predicted octanol–water partition coefficient (Wildman–Crippen LogP) is 2.11. The molecule has 2 bridgehead atoms. The molecule has 0 radical (unpaired) electrons. The lowest BCUT2D eigenvalue weighted by molar-refractivity contribution is -0.0691. The Labute approximate surface area is 211 Å². The minimum atomic E-state index is -0.966. The predicted molar refractivity (Wildman–Crippen MR) is 132 cm³/mol. The zero-order valence-corrected chi connectivity index (χ0v) is 21.0. The number of hydrogen-bond acceptors (Lipinski definition) is 9. The molecule has 1 N–H and O–H groups in total. The molecule has 0 saturated carbocycles. The largest absolute Gasteiger partial charge is 0.383 e. The highest BCUT2D eigenvalue weighted by Gasteiger charge is 2.46. The number of likely N-dealkylation sites (N-methyl/N-ethyl adjacent to an activating group) is 1. The summed E-state index contributed by atoms with van der Waals surface area (Å²) >= 11 is 0. The minimum Gasteiger partial charge on any atom is -0.383 e. The van der Waals surface area contributed by atoms with Crippen molar-refractivity contribution in [2.75, 3.05) is 46.5 Å². The number of rotatable bonds is 3. The highest BCUT2D eigenvalue weighted by atomic mass is 16.5. The van der Waals surface area contributed by atoms with Gasteiger partial charge < -0.3 is 24.2 Å². The maximum Gasteiger partial charge on any atom is 0.156 e. The zero-order chi connectivity index (χ0) is 24.3. The third-order valence-corrected chi connectivity index (χ3v) is 8.49. The fourth-order valence-corrected chi connectivity index (χ4v) is 6.55. The molecule has 1 aromatic rings. The fraction of sp³-hybridized carbons (Fsp3) is 0.692. The average molecular weight is 497 g/mol. The first-order valence-corrected chi connectivity index (χ1v) is 13.5. The van der Waals surface area contributed by atoms with Crippen LogP contribution in [0, 0.1) is 0 Å². The van der Waals surface area contributed by atoms with Gasteiger partial charge in [0.25, 0.3) is 0 Å². The Kier molecular flexibility index (Phi) is 5.70. The Balaban J connectivity index is 1.32. The van der Waals surface area contributed by atoms with Crippen molar-refractivity contribution in [1.82, 2.24) is 24.7 Å². The van der Waals surface area contributed by atoms with Gasteiger partial charge in [-0.2, -0.15) is 5.10 Å². The van der Waals surface area contributed by atoms with E-state index in [0.29, 0.717) is 32.6 Å². The van der Waals surface area contributed by atoms with E-state index in [1.165, 1.54) is 0 Å². The summed E-state index contributed by atoms with van der Waals surface area (Å²) in [6.07, 6.45) is 11.0. The molecule has 0 aromatic carbocycles. The number of nitrogens with zero attached hydrogens (tertiary/aromatic N) is 6. The van der Waals surface area contributed by atoms with E-state index in [4.69, 9.17) is 19.2 Å². The van der Waals surface area contributed by atoms with Crippen molar-refractivity contribution in [3.8, 4) is 0 Å². The zero-order valence-electron chi connectivity index (χ0n) is 21.0. The number of fused-ring (bicyclic) bond motifs is 3. The summed E-state index contributed by atoms with van der Waals surface area (Å²) in [5.74, 6) is 1.80. The van der Waals surface area contributed by atoms with Crippen LogP contribution in [0.1, 0.15) is 56.9 Å². The summed E-state index contributed by atoms with van der Waals surface area (Å²) < 4.78 is 19.9. The van der Waals surface area contributed by atoms with Crippen molar-refractivity contribution < 1.29 is 19.3 Å². The molecule has 0 aliphatic carbocycles. The van der Waals surface area contributed by atoms with Crippen LogP contribution in [-0.2, 0) is 14.2 Å². The van der Waals surface area contributed by atoms with Crippen LogP contribution >= 0.6 is 0 Å². The van der Waals surface area contributed by atoms with Crippen LogP contribution in [-0.4, -0.2) is 100.0 Å². The Morgan fingerprint density at radius 1 is 1.06 bits per heavy atom. The first kappa shape index (κ1) is 22.9. The van der Waals surface area contributed by atoms with Crippen molar-refractivity contribution >= 4 is 11.4 Å². The van der Waals surface area contributed by atoms with E-state index in [9.17, 15) is 5.11 Å². The van der Waals surface area contributed by atoms with Crippen LogP contribution in [0.4, 0.5) is 0 Å². The quantitative estimate of drug-likeness (QED) is 0.681. The van der Waals surface area contributed by atoms with E-state index in [-0.39, 0.29) is 18.4 Å². The van der Waals surface area contributed by atoms with Crippen molar-refractivity contribution in [2.24, 2.45) is 4.99 Å². The van der Waals surface area contributed by atoms with Crippen LogP contribution in [0.15, 0.2) is 34.8 Å². The number of aromatic nitrogens is 2. The third-order valence-electron chi connectivity index (χ3n) is 8.49. The average Bonchev–Trinajstić information content (AvgIpc) is 3.61. The van der Waals surface area contributed by atoms with E-state index >= 15 is 0 Å². The topological polar surface area (TPSA) is 87.8 Å². The lowest BCUT2D eigenvalue weighted by Crippen LogP contribution is -2.51. The Hall–Kier alpha value is -2.24. The number of hydrogen-bond donors (Lipinski definition) is 1. The Morgan fingerprint density at radius 3 is 2.61 bits per heavy atom. The van der Waals surface area contributed by atoms with Gasteiger partial charge in [-0.15, -0.1) is 0 Å². The van der Waals surface area contributed by atoms with Gasteiger partial charge in [0.05, 0.1) is 23.6 Å². The molecule has 3 atom stereocenters. The minimum absolute atomic E-state index is 0.0483. The summed E-state index contributed by atoms with van der Waals surface area (Å²) in [5, 5.41) is 20.8. The van der Waals surface area contributed by atoms with Crippen LogP contribution in [0.5, 0.6) is 0 Å². The molecule has 6 aliphatic rings. The molecule has 1 aromatic heterocycles. The van der Waals surface area contributed by atoms with E-state index in [2.05, 4.69) is 39.2 Å². The van der Waals surface area contributed by atoms with Crippen molar-refractivity contribution in [3.63, 3.8) is 0 Å². The maximum atomic E-state index is 11.9. The number of morpholine rings is 1. The maximum absolute atomic E-state index is 11.9. The van der Waals surface area contributed by atoms with Gasteiger partial charge in [-0.1, -0.05) is 0 Å². The van der Waals surface area contributed by atoms with Gasteiger partial charge in [0.1, 0.15) is 11.4 Å².